The Kier molecular flexibility index (Phi) is 13.3. The summed E-state index contributed by atoms with van der Waals surface area (Å²) in [4.78, 5) is 34.6. The molecule has 7 nitrogen and oxygen atoms in total. The number of aliphatic hydroxyl groups is 1. The molecule has 24 heavy (non-hydrogen) atoms. The Balaban J connectivity index is 3.63. The van der Waals surface area contributed by atoms with Gasteiger partial charge in [-0.3, -0.25) is 19.6 Å². The van der Waals surface area contributed by atoms with Crippen LogP contribution in [0.15, 0.2) is 0 Å². The monoisotopic (exact) mass is 344 g/mol. The molecule has 0 aromatic rings. The molecule has 0 aromatic heterocycles. The van der Waals surface area contributed by atoms with Crippen molar-refractivity contribution >= 4 is 17.5 Å². The number of unbranched alkanes of at least 4 members (excludes halogenated alkanes) is 4. The second kappa shape index (κ2) is 14.1. The summed E-state index contributed by atoms with van der Waals surface area (Å²) >= 11 is 0. The molecule has 0 radical (unpaired) electrons. The van der Waals surface area contributed by atoms with Gasteiger partial charge in [0.15, 0.2) is 0 Å². The quantitative estimate of drug-likeness (QED) is 0.236. The number of aliphatic hydroxyl groups excluding tert-OH is 1. The van der Waals surface area contributed by atoms with E-state index in [0.29, 0.717) is 30.1 Å². The van der Waals surface area contributed by atoms with Gasteiger partial charge in [0, 0.05) is 25.7 Å². The third-order valence-corrected chi connectivity index (χ3v) is 3.84. The molecular weight excluding hydrogens is 312 g/mol. The van der Waals surface area contributed by atoms with Crippen LogP contribution in [-0.4, -0.2) is 52.0 Å². The van der Waals surface area contributed by atoms with E-state index in [4.69, 9.17) is 10.8 Å². The van der Waals surface area contributed by atoms with E-state index in [1.807, 2.05) is 0 Å². The maximum atomic E-state index is 11.7. The van der Waals surface area contributed by atoms with Crippen LogP contribution in [0.2, 0.25) is 0 Å². The summed E-state index contributed by atoms with van der Waals surface area (Å²) in [6, 6.07) is -1.16. The molecule has 7 heteroatoms. The van der Waals surface area contributed by atoms with E-state index >= 15 is 0 Å². The van der Waals surface area contributed by atoms with Crippen molar-refractivity contribution in [2.75, 3.05) is 13.2 Å². The molecule has 0 fully saturated rings. The summed E-state index contributed by atoms with van der Waals surface area (Å²) in [6.07, 6.45) is 7.20. The Bertz CT molecular complexity index is 387. The highest BCUT2D eigenvalue weighted by atomic mass is 16.5. The predicted molar refractivity (Wildman–Crippen MR) is 90.4 cm³/mol. The van der Waals surface area contributed by atoms with Gasteiger partial charge in [0.05, 0.1) is 13.2 Å². The second-order valence-electron chi connectivity index (χ2n) is 6.10. The number of rotatable bonds is 15. The molecule has 0 saturated carbocycles. The molecule has 0 heterocycles. The molecule has 0 unspecified atom stereocenters. The van der Waals surface area contributed by atoms with Crippen molar-refractivity contribution in [3.05, 3.63) is 0 Å². The van der Waals surface area contributed by atoms with Crippen LogP contribution in [0.1, 0.15) is 71.1 Å². The van der Waals surface area contributed by atoms with E-state index in [1.54, 1.807) is 0 Å². The van der Waals surface area contributed by atoms with Gasteiger partial charge >= 0.3 is 0 Å². The van der Waals surface area contributed by atoms with Crippen LogP contribution >= 0.6 is 0 Å². The predicted octanol–water partition coefficient (Wildman–Crippen LogP) is 1.58. The molecule has 0 aliphatic rings. The minimum absolute atomic E-state index is 0.0292. The molecule has 0 aliphatic heterocycles. The van der Waals surface area contributed by atoms with E-state index in [0.717, 1.165) is 38.5 Å². The standard InChI is InChI=1S/C17H32N2O5/c1-2-3-8-14(21)9-6-4-5-7-10-15(22)11-12-19(24)17(23)16(18)13-20/h16,20,24H,2-13,18H2,1H3/t16-/m1/s1. The molecule has 1 atom stereocenters. The number of Topliss-reactive ketones (excluding diaryl/α,β-unsaturated/α-hetero) is 2. The van der Waals surface area contributed by atoms with Gasteiger partial charge in [-0.2, -0.15) is 0 Å². The van der Waals surface area contributed by atoms with Gasteiger partial charge in [-0.25, -0.2) is 5.06 Å². The summed E-state index contributed by atoms with van der Waals surface area (Å²) in [6.45, 7) is 1.40. The maximum absolute atomic E-state index is 11.7. The highest BCUT2D eigenvalue weighted by molar-refractivity contribution is 5.82. The summed E-state index contributed by atoms with van der Waals surface area (Å²) in [5.74, 6) is -0.502. The van der Waals surface area contributed by atoms with Crippen LogP contribution < -0.4 is 5.73 Å². The first-order chi connectivity index (χ1) is 11.4. The lowest BCUT2D eigenvalue weighted by atomic mass is 10.0. The minimum atomic E-state index is -1.16. The summed E-state index contributed by atoms with van der Waals surface area (Å²) in [5.41, 5.74) is 5.29. The molecule has 0 rings (SSSR count). The lowest BCUT2D eigenvalue weighted by Crippen LogP contribution is -2.44. The zero-order valence-corrected chi connectivity index (χ0v) is 14.7. The molecule has 4 N–H and O–H groups in total. The fourth-order valence-corrected chi connectivity index (χ4v) is 2.23. The average Bonchev–Trinajstić information content (AvgIpc) is 2.59. The molecule has 0 aromatic carbocycles. The molecule has 1 amide bonds. The Hall–Kier alpha value is -1.31. The number of carbonyl (C=O) groups is 3. The number of hydrogen-bond donors (Lipinski definition) is 3. The molecule has 0 aliphatic carbocycles. The van der Waals surface area contributed by atoms with E-state index in [1.165, 1.54) is 0 Å². The van der Waals surface area contributed by atoms with Gasteiger partial charge < -0.3 is 10.8 Å². The highest BCUT2D eigenvalue weighted by Crippen LogP contribution is 2.09. The lowest BCUT2D eigenvalue weighted by molar-refractivity contribution is -0.168. The Morgan fingerprint density at radius 1 is 0.917 bits per heavy atom. The first-order valence-corrected chi connectivity index (χ1v) is 8.82. The van der Waals surface area contributed by atoms with Crippen molar-refractivity contribution in [2.45, 2.75) is 77.2 Å². The smallest absolute Gasteiger partial charge is 0.265 e. The molecular formula is C17H32N2O5. The zero-order valence-electron chi connectivity index (χ0n) is 14.7. The van der Waals surface area contributed by atoms with Crippen molar-refractivity contribution in [1.29, 1.82) is 0 Å². The molecule has 0 bridgehead atoms. The topological polar surface area (TPSA) is 121 Å². The number of nitrogens with zero attached hydrogens (tertiary/aromatic N) is 1. The van der Waals surface area contributed by atoms with E-state index in [-0.39, 0.29) is 18.7 Å². The maximum Gasteiger partial charge on any atom is 0.265 e. The Labute approximate surface area is 144 Å². The van der Waals surface area contributed by atoms with Crippen molar-refractivity contribution < 1.29 is 24.7 Å². The average molecular weight is 344 g/mol. The number of carbonyl (C=O) groups excluding carboxylic acids is 3. The fourth-order valence-electron chi connectivity index (χ4n) is 2.23. The van der Waals surface area contributed by atoms with Gasteiger partial charge in [0.25, 0.3) is 5.91 Å². The summed E-state index contributed by atoms with van der Waals surface area (Å²) in [7, 11) is 0. The Morgan fingerprint density at radius 3 is 1.92 bits per heavy atom. The minimum Gasteiger partial charge on any atom is -0.394 e. The van der Waals surface area contributed by atoms with Crippen LogP contribution in [-0.2, 0) is 14.4 Å². The number of nitrogens with two attached hydrogens (primary N) is 1. The fraction of sp³-hybridized carbons (Fsp3) is 0.824. The molecule has 140 valence electrons. The van der Waals surface area contributed by atoms with Crippen molar-refractivity contribution in [3.8, 4) is 0 Å². The summed E-state index contributed by atoms with van der Waals surface area (Å²) < 4.78 is 0. The van der Waals surface area contributed by atoms with Gasteiger partial charge in [-0.15, -0.1) is 0 Å². The van der Waals surface area contributed by atoms with E-state index in [9.17, 15) is 19.6 Å². The van der Waals surface area contributed by atoms with E-state index in [2.05, 4.69) is 6.92 Å². The van der Waals surface area contributed by atoms with Gasteiger partial charge in [-0.05, 0) is 19.3 Å². The van der Waals surface area contributed by atoms with E-state index < -0.39 is 18.6 Å². The number of ketones is 2. The number of hydrogen-bond acceptors (Lipinski definition) is 6. The van der Waals surface area contributed by atoms with Crippen molar-refractivity contribution in [3.63, 3.8) is 0 Å². The van der Waals surface area contributed by atoms with Crippen LogP contribution in [0.25, 0.3) is 0 Å². The molecule has 0 spiro atoms. The van der Waals surface area contributed by atoms with Crippen LogP contribution in [0, 0.1) is 0 Å². The second-order valence-corrected chi connectivity index (χ2v) is 6.10. The highest BCUT2D eigenvalue weighted by Gasteiger charge is 2.19. The van der Waals surface area contributed by atoms with Crippen LogP contribution in [0.5, 0.6) is 0 Å². The van der Waals surface area contributed by atoms with Gasteiger partial charge in [0.2, 0.25) is 0 Å². The first-order valence-electron chi connectivity index (χ1n) is 8.82. The van der Waals surface area contributed by atoms with Crippen molar-refractivity contribution in [1.82, 2.24) is 5.06 Å². The van der Waals surface area contributed by atoms with Crippen LogP contribution in [0.4, 0.5) is 0 Å². The van der Waals surface area contributed by atoms with Crippen molar-refractivity contribution in [2.24, 2.45) is 5.73 Å². The zero-order chi connectivity index (χ0) is 18.4. The van der Waals surface area contributed by atoms with Gasteiger partial charge in [0.1, 0.15) is 17.6 Å². The molecule has 0 saturated heterocycles. The summed E-state index contributed by atoms with van der Waals surface area (Å²) in [5, 5.41) is 18.5. The third kappa shape index (κ3) is 11.3. The van der Waals surface area contributed by atoms with Gasteiger partial charge in [-0.1, -0.05) is 26.2 Å². The SMILES string of the molecule is CCCCC(=O)CCCCCCC(=O)CCN(O)C(=O)[C@H](N)CO. The number of amides is 1. The largest absolute Gasteiger partial charge is 0.394 e. The normalized spacial score (nSPS) is 12.0. The first kappa shape index (κ1) is 22.7. The third-order valence-electron chi connectivity index (χ3n) is 3.84. The lowest BCUT2D eigenvalue weighted by Gasteiger charge is -2.17. The number of hydroxylamine groups is 2. The van der Waals surface area contributed by atoms with Crippen LogP contribution in [0.3, 0.4) is 0 Å². The Morgan fingerprint density at radius 2 is 1.42 bits per heavy atom.